The second-order valence-electron chi connectivity index (χ2n) is 3.05. The molecule has 0 radical (unpaired) electrons. The summed E-state index contributed by atoms with van der Waals surface area (Å²) in [6.45, 7) is 7.41. The number of hydrogen-bond donors (Lipinski definition) is 1. The lowest BCUT2D eigenvalue weighted by molar-refractivity contribution is 0.101. The molecule has 0 saturated carbocycles. The van der Waals surface area contributed by atoms with Crippen LogP contribution in [-0.2, 0) is 0 Å². The zero-order chi connectivity index (χ0) is 8.20. The molecule has 1 heteroatoms. The van der Waals surface area contributed by atoms with Gasteiger partial charge in [0.1, 0.15) is 6.10 Å². The number of rotatable bonds is 3. The lowest BCUT2D eigenvalue weighted by Crippen LogP contribution is -2.26. The number of hydrogen-bond acceptors (Lipinski definition) is 1. The minimum Gasteiger partial charge on any atom is -0.380 e. The zero-order valence-corrected chi connectivity index (χ0v) is 6.59. The molecule has 0 heterocycles. The molecule has 0 aromatic rings. The predicted molar refractivity (Wildman–Crippen MR) is 43.4 cm³/mol. The fraction of sp³-hybridized carbons (Fsp3) is 0.556. The fourth-order valence-corrected chi connectivity index (χ4v) is 0.709. The van der Waals surface area contributed by atoms with Gasteiger partial charge in [-0.25, -0.2) is 0 Å². The minimum absolute atomic E-state index is 0.240. The Morgan fingerprint density at radius 3 is 2.60 bits per heavy atom. The van der Waals surface area contributed by atoms with E-state index in [1.807, 2.05) is 13.8 Å². The molecule has 0 rings (SSSR count). The highest BCUT2D eigenvalue weighted by Gasteiger charge is 2.23. The third-order valence-electron chi connectivity index (χ3n) is 1.57. The molecule has 0 bridgehead atoms. The van der Waals surface area contributed by atoms with Crippen molar-refractivity contribution in [3.05, 3.63) is 12.7 Å². The lowest BCUT2D eigenvalue weighted by Gasteiger charge is -2.24. The van der Waals surface area contributed by atoms with Gasteiger partial charge in [0.15, 0.2) is 0 Å². The number of terminal acetylenes is 1. The van der Waals surface area contributed by atoms with E-state index in [1.165, 1.54) is 0 Å². The summed E-state index contributed by atoms with van der Waals surface area (Å²) in [7, 11) is 0. The molecule has 0 aromatic heterocycles. The molecule has 0 aromatic carbocycles. The van der Waals surface area contributed by atoms with Crippen molar-refractivity contribution in [2.75, 3.05) is 0 Å². The molecule has 0 aliphatic rings. The van der Waals surface area contributed by atoms with Crippen molar-refractivity contribution in [2.45, 2.75) is 26.4 Å². The topological polar surface area (TPSA) is 20.2 Å². The molecular weight excluding hydrogens is 124 g/mol. The SMILES string of the molecule is C#CC(O)C(C)(C)CC=C. The van der Waals surface area contributed by atoms with Gasteiger partial charge in [-0.3, -0.25) is 0 Å². The smallest absolute Gasteiger partial charge is 0.119 e. The number of aliphatic hydroxyl groups is 1. The molecule has 0 aliphatic heterocycles. The van der Waals surface area contributed by atoms with E-state index in [4.69, 9.17) is 6.42 Å². The van der Waals surface area contributed by atoms with Gasteiger partial charge < -0.3 is 5.11 Å². The van der Waals surface area contributed by atoms with Gasteiger partial charge in [0.2, 0.25) is 0 Å². The first-order chi connectivity index (χ1) is 4.54. The first-order valence-corrected chi connectivity index (χ1v) is 3.29. The maximum atomic E-state index is 9.23. The highest BCUT2D eigenvalue weighted by atomic mass is 16.3. The lowest BCUT2D eigenvalue weighted by atomic mass is 9.84. The molecule has 0 aliphatic carbocycles. The standard InChI is InChI=1S/C9H14O/c1-5-7-9(3,4)8(10)6-2/h2,5,8,10H,1,7H2,3-4H3. The molecule has 10 heavy (non-hydrogen) atoms. The van der Waals surface area contributed by atoms with Crippen LogP contribution in [0.5, 0.6) is 0 Å². The molecule has 1 N–H and O–H groups in total. The zero-order valence-electron chi connectivity index (χ0n) is 6.59. The van der Waals surface area contributed by atoms with Crippen LogP contribution < -0.4 is 0 Å². The summed E-state index contributed by atoms with van der Waals surface area (Å²) in [6, 6.07) is 0. The third-order valence-corrected chi connectivity index (χ3v) is 1.57. The first-order valence-electron chi connectivity index (χ1n) is 3.29. The molecule has 0 spiro atoms. The van der Waals surface area contributed by atoms with Crippen molar-refractivity contribution in [3.63, 3.8) is 0 Å². The average molecular weight is 138 g/mol. The summed E-state index contributed by atoms with van der Waals surface area (Å²) >= 11 is 0. The van der Waals surface area contributed by atoms with Crippen molar-refractivity contribution >= 4 is 0 Å². The van der Waals surface area contributed by atoms with E-state index in [-0.39, 0.29) is 5.41 Å². The van der Waals surface area contributed by atoms with E-state index in [1.54, 1.807) is 6.08 Å². The summed E-state index contributed by atoms with van der Waals surface area (Å²) in [5.74, 6) is 2.30. The summed E-state index contributed by atoms with van der Waals surface area (Å²) < 4.78 is 0. The van der Waals surface area contributed by atoms with E-state index in [0.717, 1.165) is 6.42 Å². The Kier molecular flexibility index (Phi) is 3.18. The van der Waals surface area contributed by atoms with E-state index < -0.39 is 6.10 Å². The van der Waals surface area contributed by atoms with Gasteiger partial charge in [0.25, 0.3) is 0 Å². The number of aliphatic hydroxyl groups excluding tert-OH is 1. The summed E-state index contributed by atoms with van der Waals surface area (Å²) in [5.41, 5.74) is -0.240. The van der Waals surface area contributed by atoms with Crippen molar-refractivity contribution < 1.29 is 5.11 Å². The Morgan fingerprint density at radius 2 is 2.30 bits per heavy atom. The van der Waals surface area contributed by atoms with E-state index in [2.05, 4.69) is 12.5 Å². The molecule has 56 valence electrons. The van der Waals surface area contributed by atoms with E-state index in [9.17, 15) is 5.11 Å². The van der Waals surface area contributed by atoms with Crippen LogP contribution in [0.25, 0.3) is 0 Å². The molecule has 1 unspecified atom stereocenters. The van der Waals surface area contributed by atoms with Crippen LogP contribution in [0.1, 0.15) is 20.3 Å². The van der Waals surface area contributed by atoms with Crippen LogP contribution in [0.2, 0.25) is 0 Å². The Morgan fingerprint density at radius 1 is 1.80 bits per heavy atom. The second kappa shape index (κ2) is 3.43. The van der Waals surface area contributed by atoms with Crippen LogP contribution in [-0.4, -0.2) is 11.2 Å². The summed E-state index contributed by atoms with van der Waals surface area (Å²) in [6.07, 6.45) is 6.88. The van der Waals surface area contributed by atoms with Crippen molar-refractivity contribution in [1.29, 1.82) is 0 Å². The second-order valence-corrected chi connectivity index (χ2v) is 3.05. The monoisotopic (exact) mass is 138 g/mol. The van der Waals surface area contributed by atoms with Gasteiger partial charge in [-0.05, 0) is 6.42 Å². The van der Waals surface area contributed by atoms with Crippen molar-refractivity contribution in [1.82, 2.24) is 0 Å². The molecule has 1 atom stereocenters. The van der Waals surface area contributed by atoms with Gasteiger partial charge >= 0.3 is 0 Å². The maximum Gasteiger partial charge on any atom is 0.119 e. The van der Waals surface area contributed by atoms with Gasteiger partial charge in [0.05, 0.1) is 0 Å². The highest BCUT2D eigenvalue weighted by Crippen LogP contribution is 2.24. The highest BCUT2D eigenvalue weighted by molar-refractivity contribution is 5.02. The molecule has 0 amide bonds. The van der Waals surface area contributed by atoms with Crippen LogP contribution in [0.4, 0.5) is 0 Å². The summed E-state index contributed by atoms with van der Waals surface area (Å²) in [5, 5.41) is 9.23. The quantitative estimate of drug-likeness (QED) is 0.463. The molecule has 1 nitrogen and oxygen atoms in total. The summed E-state index contributed by atoms with van der Waals surface area (Å²) in [4.78, 5) is 0. The largest absolute Gasteiger partial charge is 0.380 e. The average Bonchev–Trinajstić information content (AvgIpc) is 1.86. The van der Waals surface area contributed by atoms with Gasteiger partial charge in [-0.1, -0.05) is 25.8 Å². The van der Waals surface area contributed by atoms with Crippen LogP contribution in [0.3, 0.4) is 0 Å². The van der Waals surface area contributed by atoms with Gasteiger partial charge in [-0.15, -0.1) is 13.0 Å². The number of allylic oxidation sites excluding steroid dienone is 1. The van der Waals surface area contributed by atoms with Crippen molar-refractivity contribution in [3.8, 4) is 12.3 Å². The van der Waals surface area contributed by atoms with Gasteiger partial charge in [0, 0.05) is 5.41 Å². The third kappa shape index (κ3) is 2.24. The normalized spacial score (nSPS) is 13.8. The van der Waals surface area contributed by atoms with E-state index >= 15 is 0 Å². The minimum atomic E-state index is -0.675. The molecule has 0 saturated heterocycles. The van der Waals surface area contributed by atoms with E-state index in [0.29, 0.717) is 0 Å². The maximum absolute atomic E-state index is 9.23. The predicted octanol–water partition coefficient (Wildman–Crippen LogP) is 1.58. The van der Waals surface area contributed by atoms with Crippen LogP contribution in [0, 0.1) is 17.8 Å². The Hall–Kier alpha value is -0.740. The Balaban J connectivity index is 4.11. The molecular formula is C9H14O. The first kappa shape index (κ1) is 9.26. The Labute approximate surface area is 62.8 Å². The van der Waals surface area contributed by atoms with Crippen LogP contribution in [0.15, 0.2) is 12.7 Å². The van der Waals surface area contributed by atoms with Crippen LogP contribution >= 0.6 is 0 Å². The fourth-order valence-electron chi connectivity index (χ4n) is 0.709. The van der Waals surface area contributed by atoms with Gasteiger partial charge in [-0.2, -0.15) is 0 Å². The Bertz CT molecular complexity index is 151. The molecule has 0 fully saturated rings. The van der Waals surface area contributed by atoms with Crippen molar-refractivity contribution in [2.24, 2.45) is 5.41 Å².